The van der Waals surface area contributed by atoms with Gasteiger partial charge in [0.15, 0.2) is 0 Å². The molecule has 0 aliphatic rings. The second-order valence-corrected chi connectivity index (χ2v) is 6.61. The molecule has 0 aliphatic carbocycles. The average molecular weight is 283 g/mol. The van der Waals surface area contributed by atoms with E-state index in [-0.39, 0.29) is 0 Å². The van der Waals surface area contributed by atoms with Crippen molar-refractivity contribution in [1.82, 2.24) is 15.2 Å². The van der Waals surface area contributed by atoms with Gasteiger partial charge in [0.2, 0.25) is 0 Å². The van der Waals surface area contributed by atoms with E-state index in [1.54, 1.807) is 11.3 Å². The third-order valence-electron chi connectivity index (χ3n) is 3.40. The van der Waals surface area contributed by atoms with Crippen LogP contribution in [0.15, 0.2) is 10.9 Å². The lowest BCUT2D eigenvalue weighted by atomic mass is 9.85. The first-order chi connectivity index (χ1) is 9.09. The summed E-state index contributed by atoms with van der Waals surface area (Å²) in [6.45, 7) is 11.2. The Kier molecular flexibility index (Phi) is 7.57. The van der Waals surface area contributed by atoms with Gasteiger partial charge in [-0.3, -0.25) is 4.90 Å². The molecule has 0 fully saturated rings. The zero-order valence-electron chi connectivity index (χ0n) is 12.9. The fraction of sp³-hybridized carbons (Fsp3) is 0.800. The van der Waals surface area contributed by atoms with Crippen molar-refractivity contribution in [3.63, 3.8) is 0 Å². The van der Waals surface area contributed by atoms with Crippen LogP contribution < -0.4 is 5.32 Å². The molecule has 0 aliphatic heterocycles. The maximum Gasteiger partial charge on any atom is 0.0795 e. The first kappa shape index (κ1) is 16.6. The zero-order valence-corrected chi connectivity index (χ0v) is 13.7. The number of hydrogen-bond acceptors (Lipinski definition) is 4. The van der Waals surface area contributed by atoms with Crippen LogP contribution in [0.25, 0.3) is 0 Å². The molecule has 1 heterocycles. The summed E-state index contributed by atoms with van der Waals surface area (Å²) in [5.41, 5.74) is 3.46. The second kappa shape index (κ2) is 8.67. The maximum absolute atomic E-state index is 4.37. The van der Waals surface area contributed by atoms with Crippen LogP contribution in [0.2, 0.25) is 0 Å². The van der Waals surface area contributed by atoms with Crippen LogP contribution >= 0.6 is 11.3 Å². The van der Waals surface area contributed by atoms with E-state index in [0.717, 1.165) is 26.2 Å². The van der Waals surface area contributed by atoms with E-state index in [0.29, 0.717) is 5.41 Å². The molecule has 1 N–H and O–H groups in total. The van der Waals surface area contributed by atoms with Gasteiger partial charge in [0, 0.05) is 25.0 Å². The number of aromatic nitrogens is 1. The Morgan fingerprint density at radius 3 is 2.74 bits per heavy atom. The third-order valence-corrected chi connectivity index (χ3v) is 4.03. The summed E-state index contributed by atoms with van der Waals surface area (Å²) < 4.78 is 0. The van der Waals surface area contributed by atoms with E-state index in [2.05, 4.69) is 48.4 Å². The van der Waals surface area contributed by atoms with Gasteiger partial charge in [-0.25, -0.2) is 4.98 Å². The highest BCUT2D eigenvalue weighted by atomic mass is 32.1. The van der Waals surface area contributed by atoms with Gasteiger partial charge in [0.1, 0.15) is 0 Å². The number of thiazole rings is 1. The Morgan fingerprint density at radius 1 is 1.37 bits per heavy atom. The molecule has 0 saturated heterocycles. The van der Waals surface area contributed by atoms with Crippen LogP contribution in [-0.2, 0) is 6.54 Å². The van der Waals surface area contributed by atoms with Gasteiger partial charge in [0.25, 0.3) is 0 Å². The molecule has 3 nitrogen and oxygen atoms in total. The molecule has 4 heteroatoms. The fourth-order valence-electron chi connectivity index (χ4n) is 2.69. The van der Waals surface area contributed by atoms with E-state index >= 15 is 0 Å². The normalized spacial score (nSPS) is 14.8. The van der Waals surface area contributed by atoms with Crippen molar-refractivity contribution >= 4 is 11.3 Å². The summed E-state index contributed by atoms with van der Waals surface area (Å²) in [6, 6.07) is 0. The van der Waals surface area contributed by atoms with Crippen LogP contribution in [0.5, 0.6) is 0 Å². The predicted molar refractivity (Wildman–Crippen MR) is 84.6 cm³/mol. The van der Waals surface area contributed by atoms with Gasteiger partial charge in [-0.05, 0) is 31.8 Å². The van der Waals surface area contributed by atoms with Gasteiger partial charge in [-0.2, -0.15) is 0 Å². The van der Waals surface area contributed by atoms with Gasteiger partial charge in [-0.15, -0.1) is 11.3 Å². The van der Waals surface area contributed by atoms with Crippen LogP contribution in [0, 0.1) is 5.41 Å². The van der Waals surface area contributed by atoms with Crippen LogP contribution in [0.3, 0.4) is 0 Å². The Morgan fingerprint density at radius 2 is 2.16 bits per heavy atom. The summed E-state index contributed by atoms with van der Waals surface area (Å²) in [5.74, 6) is 0. The zero-order chi connectivity index (χ0) is 14.1. The Bertz CT molecular complexity index is 326. The first-order valence-electron chi connectivity index (χ1n) is 7.36. The predicted octanol–water partition coefficient (Wildman–Crippen LogP) is 3.38. The second-order valence-electron chi connectivity index (χ2n) is 5.89. The standard InChI is InChI=1S/C15H29N3S/c1-5-7-15(3,11-16-8-6-2)12-18(4)9-14-10-19-13-17-14/h10,13,16H,5-9,11-12H2,1-4H3. The summed E-state index contributed by atoms with van der Waals surface area (Å²) in [4.78, 5) is 6.77. The molecule has 1 atom stereocenters. The minimum Gasteiger partial charge on any atom is -0.316 e. The van der Waals surface area contributed by atoms with E-state index in [9.17, 15) is 0 Å². The molecule has 0 amide bonds. The van der Waals surface area contributed by atoms with Gasteiger partial charge >= 0.3 is 0 Å². The third kappa shape index (κ3) is 6.50. The van der Waals surface area contributed by atoms with Gasteiger partial charge < -0.3 is 5.32 Å². The Labute approximate surface area is 122 Å². The molecule has 0 aromatic carbocycles. The van der Waals surface area contributed by atoms with Crippen LogP contribution in [0.4, 0.5) is 0 Å². The lowest BCUT2D eigenvalue weighted by Gasteiger charge is -2.34. The van der Waals surface area contributed by atoms with Crippen molar-refractivity contribution in [1.29, 1.82) is 0 Å². The smallest absolute Gasteiger partial charge is 0.0795 e. The highest BCUT2D eigenvalue weighted by Crippen LogP contribution is 2.24. The molecule has 0 saturated carbocycles. The molecule has 0 radical (unpaired) electrons. The highest BCUT2D eigenvalue weighted by Gasteiger charge is 2.24. The Balaban J connectivity index is 2.46. The topological polar surface area (TPSA) is 28.2 Å². The molecular weight excluding hydrogens is 254 g/mol. The summed E-state index contributed by atoms with van der Waals surface area (Å²) >= 11 is 1.68. The minimum absolute atomic E-state index is 0.356. The van der Waals surface area contributed by atoms with Crippen molar-refractivity contribution < 1.29 is 0 Å². The summed E-state index contributed by atoms with van der Waals surface area (Å²) in [5, 5.41) is 5.73. The molecule has 0 bridgehead atoms. The minimum atomic E-state index is 0.356. The van der Waals surface area contributed by atoms with E-state index in [4.69, 9.17) is 0 Å². The van der Waals surface area contributed by atoms with Gasteiger partial charge in [-0.1, -0.05) is 27.2 Å². The molecule has 1 unspecified atom stereocenters. The monoisotopic (exact) mass is 283 g/mol. The van der Waals surface area contributed by atoms with Crippen molar-refractivity contribution in [3.8, 4) is 0 Å². The lowest BCUT2D eigenvalue weighted by Crippen LogP contribution is -2.41. The van der Waals surface area contributed by atoms with E-state index in [1.165, 1.54) is 25.0 Å². The van der Waals surface area contributed by atoms with Crippen molar-refractivity contribution in [2.75, 3.05) is 26.7 Å². The number of hydrogen-bond donors (Lipinski definition) is 1. The van der Waals surface area contributed by atoms with Crippen molar-refractivity contribution in [3.05, 3.63) is 16.6 Å². The first-order valence-corrected chi connectivity index (χ1v) is 8.30. The summed E-state index contributed by atoms with van der Waals surface area (Å²) in [6.07, 6.45) is 3.72. The molecule has 1 rings (SSSR count). The highest BCUT2D eigenvalue weighted by molar-refractivity contribution is 7.07. The SMILES string of the molecule is CCCNCC(C)(CCC)CN(C)Cc1cscn1. The molecular formula is C15H29N3S. The van der Waals surface area contributed by atoms with Crippen LogP contribution in [-0.4, -0.2) is 36.6 Å². The molecule has 1 aromatic rings. The van der Waals surface area contributed by atoms with Gasteiger partial charge in [0.05, 0.1) is 11.2 Å². The quantitative estimate of drug-likeness (QED) is 0.667. The molecule has 110 valence electrons. The largest absolute Gasteiger partial charge is 0.316 e. The molecule has 0 spiro atoms. The maximum atomic E-state index is 4.37. The number of rotatable bonds is 10. The molecule has 1 aromatic heterocycles. The number of nitrogens with one attached hydrogen (secondary N) is 1. The average Bonchev–Trinajstić information content (AvgIpc) is 2.82. The van der Waals surface area contributed by atoms with E-state index < -0.39 is 0 Å². The van der Waals surface area contributed by atoms with Crippen molar-refractivity contribution in [2.24, 2.45) is 5.41 Å². The summed E-state index contributed by atoms with van der Waals surface area (Å²) in [7, 11) is 2.20. The fourth-order valence-corrected chi connectivity index (χ4v) is 3.24. The number of nitrogens with zero attached hydrogens (tertiary/aromatic N) is 2. The van der Waals surface area contributed by atoms with E-state index in [1.807, 2.05) is 5.51 Å². The molecule has 19 heavy (non-hydrogen) atoms. The van der Waals surface area contributed by atoms with Crippen LogP contribution in [0.1, 0.15) is 45.7 Å². The lowest BCUT2D eigenvalue weighted by molar-refractivity contribution is 0.167. The Hall–Kier alpha value is -0.450. The van der Waals surface area contributed by atoms with Crippen molar-refractivity contribution in [2.45, 2.75) is 46.6 Å².